The number of hydrogen-bond donors (Lipinski definition) is 1. The van der Waals surface area contributed by atoms with Gasteiger partial charge in [0.25, 0.3) is 0 Å². The summed E-state index contributed by atoms with van der Waals surface area (Å²) < 4.78 is 9.04. The first-order valence-electron chi connectivity index (χ1n) is 6.20. The van der Waals surface area contributed by atoms with Gasteiger partial charge in [0.05, 0.1) is 37.8 Å². The van der Waals surface area contributed by atoms with Crippen molar-refractivity contribution < 1.29 is 33.8 Å². The molecule has 0 aromatic carbocycles. The van der Waals surface area contributed by atoms with Crippen LogP contribution in [0, 0.1) is 0 Å². The Morgan fingerprint density at radius 1 is 1.13 bits per heavy atom. The molecule has 1 aromatic rings. The second-order valence-electron chi connectivity index (χ2n) is 4.09. The van der Waals surface area contributed by atoms with Crippen LogP contribution in [0.4, 0.5) is 5.69 Å². The maximum atomic E-state index is 11.6. The van der Waals surface area contributed by atoms with Gasteiger partial charge in [0, 0.05) is 6.08 Å². The number of rotatable bonds is 6. The maximum Gasteiger partial charge on any atom is 0.326 e. The van der Waals surface area contributed by atoms with Gasteiger partial charge in [-0.1, -0.05) is 0 Å². The van der Waals surface area contributed by atoms with Crippen LogP contribution in [0.25, 0.3) is 0 Å². The summed E-state index contributed by atoms with van der Waals surface area (Å²) in [7, 11) is 2.24. The molecule has 0 saturated heterocycles. The molecule has 1 heterocycles. The van der Waals surface area contributed by atoms with Gasteiger partial charge in [-0.15, -0.1) is 0 Å². The third-order valence-corrected chi connectivity index (χ3v) is 2.59. The zero-order chi connectivity index (χ0) is 17.4. The maximum absolute atomic E-state index is 11.6. The van der Waals surface area contributed by atoms with E-state index in [0.29, 0.717) is 6.08 Å². The van der Waals surface area contributed by atoms with Crippen molar-refractivity contribution in [3.8, 4) is 0 Å². The normalized spacial score (nSPS) is 10.4. The van der Waals surface area contributed by atoms with Crippen LogP contribution in [0.15, 0.2) is 30.5 Å². The zero-order valence-electron chi connectivity index (χ0n) is 12.3. The number of pyridine rings is 1. The lowest BCUT2D eigenvalue weighted by Gasteiger charge is -2.12. The van der Waals surface area contributed by atoms with Crippen LogP contribution in [0.2, 0.25) is 0 Å². The quantitative estimate of drug-likeness (QED) is 0.390. The van der Waals surface area contributed by atoms with Gasteiger partial charge in [0.2, 0.25) is 5.91 Å². The van der Waals surface area contributed by atoms with Gasteiger partial charge in [-0.3, -0.25) is 19.4 Å². The molecule has 0 aliphatic carbocycles. The van der Waals surface area contributed by atoms with E-state index in [4.69, 9.17) is 0 Å². The number of anilines is 1. The van der Waals surface area contributed by atoms with E-state index >= 15 is 0 Å². The zero-order valence-corrected chi connectivity index (χ0v) is 12.3. The van der Waals surface area contributed by atoms with Gasteiger partial charge in [-0.2, -0.15) is 0 Å². The Bertz CT molecular complexity index is 621. The highest BCUT2D eigenvalue weighted by molar-refractivity contribution is 6.02. The summed E-state index contributed by atoms with van der Waals surface area (Å²) in [6, 6.07) is 2.71. The lowest BCUT2D eigenvalue weighted by atomic mass is 10.1. The molecule has 0 aliphatic rings. The van der Waals surface area contributed by atoms with Crippen molar-refractivity contribution in [1.29, 1.82) is 0 Å². The van der Waals surface area contributed by atoms with Gasteiger partial charge in [0.1, 0.15) is 0 Å². The minimum absolute atomic E-state index is 0.0759. The molecule has 23 heavy (non-hydrogen) atoms. The third kappa shape index (κ3) is 5.23. The van der Waals surface area contributed by atoms with E-state index in [-0.39, 0.29) is 11.4 Å². The molecule has 1 rings (SSSR count). The number of methoxy groups -OCH3 is 2. The molecule has 9 nitrogen and oxygen atoms in total. The molecule has 0 unspecified atom stereocenters. The summed E-state index contributed by atoms with van der Waals surface area (Å²) in [6.45, 7) is 0. The predicted octanol–water partition coefficient (Wildman–Crippen LogP) is -1.24. The Hall–Kier alpha value is -3.23. The molecule has 122 valence electrons. The summed E-state index contributed by atoms with van der Waals surface area (Å²) in [4.78, 5) is 48.7. The smallest absolute Gasteiger partial charge is 0.326 e. The fourth-order valence-corrected chi connectivity index (χ4v) is 1.55. The minimum Gasteiger partial charge on any atom is -0.545 e. The van der Waals surface area contributed by atoms with Gasteiger partial charge in [-0.05, 0) is 18.2 Å². The number of nitrogens with zero attached hydrogens (tertiary/aromatic N) is 1. The number of carboxylic acids is 1. The number of hydrogen-bond acceptors (Lipinski definition) is 8. The number of nitrogens with one attached hydrogen (secondary N) is 1. The van der Waals surface area contributed by atoms with Crippen LogP contribution in [0.5, 0.6) is 0 Å². The second-order valence-corrected chi connectivity index (χ2v) is 4.09. The van der Waals surface area contributed by atoms with Crippen molar-refractivity contribution in [3.63, 3.8) is 0 Å². The van der Waals surface area contributed by atoms with E-state index in [9.17, 15) is 24.3 Å². The molecule has 0 spiro atoms. The number of amides is 1. The van der Waals surface area contributed by atoms with Crippen molar-refractivity contribution in [2.45, 2.75) is 5.92 Å². The van der Waals surface area contributed by atoms with E-state index in [1.165, 1.54) is 18.3 Å². The Balaban J connectivity index is 2.89. The molecule has 0 aliphatic heterocycles. The SMILES string of the molecule is COC(=O)C(C(=O)OC)c1ccc(NC(=O)/C=C/C(=O)[O-])cn1. The van der Waals surface area contributed by atoms with Crippen LogP contribution in [-0.4, -0.2) is 43.0 Å². The lowest BCUT2D eigenvalue weighted by Crippen LogP contribution is -2.25. The summed E-state index contributed by atoms with van der Waals surface area (Å²) in [5, 5.41) is 12.5. The topological polar surface area (TPSA) is 135 Å². The highest BCUT2D eigenvalue weighted by atomic mass is 16.5. The first kappa shape index (κ1) is 17.8. The molecule has 1 aromatic heterocycles. The highest BCUT2D eigenvalue weighted by Gasteiger charge is 2.31. The first-order valence-corrected chi connectivity index (χ1v) is 6.20. The van der Waals surface area contributed by atoms with Crippen molar-refractivity contribution in [2.24, 2.45) is 0 Å². The Labute approximate surface area is 130 Å². The summed E-state index contributed by atoms with van der Waals surface area (Å²) in [5.74, 6) is -5.22. The highest BCUT2D eigenvalue weighted by Crippen LogP contribution is 2.18. The number of carbonyl (C=O) groups excluding carboxylic acids is 4. The Kier molecular flexibility index (Phi) is 6.41. The van der Waals surface area contributed by atoms with Crippen LogP contribution >= 0.6 is 0 Å². The fraction of sp³-hybridized carbons (Fsp3) is 0.214. The Morgan fingerprint density at radius 3 is 2.17 bits per heavy atom. The molecule has 0 saturated carbocycles. The van der Waals surface area contributed by atoms with E-state index in [0.717, 1.165) is 20.3 Å². The predicted molar refractivity (Wildman–Crippen MR) is 73.8 cm³/mol. The molecule has 0 atom stereocenters. The van der Waals surface area contributed by atoms with E-state index in [2.05, 4.69) is 19.8 Å². The molecule has 9 heteroatoms. The van der Waals surface area contributed by atoms with Gasteiger partial charge >= 0.3 is 11.9 Å². The fourth-order valence-electron chi connectivity index (χ4n) is 1.55. The monoisotopic (exact) mass is 321 g/mol. The number of ether oxygens (including phenoxy) is 2. The number of aliphatic carboxylic acids is 1. The summed E-state index contributed by atoms with van der Waals surface area (Å²) >= 11 is 0. The average Bonchev–Trinajstić information content (AvgIpc) is 2.54. The number of carbonyl (C=O) groups is 4. The number of esters is 2. The van der Waals surface area contributed by atoms with Crippen LogP contribution in [0.1, 0.15) is 11.6 Å². The van der Waals surface area contributed by atoms with Crippen LogP contribution < -0.4 is 10.4 Å². The molecule has 0 radical (unpaired) electrons. The van der Waals surface area contributed by atoms with Crippen LogP contribution in [0.3, 0.4) is 0 Å². The van der Waals surface area contributed by atoms with Crippen molar-refractivity contribution in [3.05, 3.63) is 36.2 Å². The van der Waals surface area contributed by atoms with Crippen LogP contribution in [-0.2, 0) is 28.7 Å². The standard InChI is InChI=1S/C14H14N2O7/c1-22-13(20)12(14(21)23-2)9-4-3-8(7-15-9)16-10(17)5-6-11(18)19/h3-7,12H,1-2H3,(H,16,17)(H,18,19)/p-1/b6-5+. The first-order chi connectivity index (χ1) is 10.9. The molecule has 1 amide bonds. The molecule has 0 bridgehead atoms. The van der Waals surface area contributed by atoms with Gasteiger partial charge < -0.3 is 24.7 Å². The molecule has 1 N–H and O–H groups in total. The number of aromatic nitrogens is 1. The largest absolute Gasteiger partial charge is 0.545 e. The Morgan fingerprint density at radius 2 is 1.74 bits per heavy atom. The average molecular weight is 321 g/mol. The van der Waals surface area contributed by atoms with Crippen molar-refractivity contribution >= 4 is 29.5 Å². The lowest BCUT2D eigenvalue weighted by molar-refractivity contribution is -0.297. The van der Waals surface area contributed by atoms with Crippen molar-refractivity contribution in [1.82, 2.24) is 4.98 Å². The summed E-state index contributed by atoms with van der Waals surface area (Å²) in [5.41, 5.74) is 0.308. The van der Waals surface area contributed by atoms with Crippen molar-refractivity contribution in [2.75, 3.05) is 19.5 Å². The summed E-state index contributed by atoms with van der Waals surface area (Å²) in [6.07, 6.45) is 2.54. The van der Waals surface area contributed by atoms with Gasteiger partial charge in [0.15, 0.2) is 5.92 Å². The van der Waals surface area contributed by atoms with E-state index in [1.54, 1.807) is 0 Å². The molecular formula is C14H13N2O7-. The molecule has 0 fully saturated rings. The van der Waals surface area contributed by atoms with E-state index in [1.807, 2.05) is 0 Å². The molecular weight excluding hydrogens is 308 g/mol. The third-order valence-electron chi connectivity index (χ3n) is 2.59. The second kappa shape index (κ2) is 8.27. The number of carboxylic acid groups (broad SMARTS) is 1. The van der Waals surface area contributed by atoms with Gasteiger partial charge in [-0.25, -0.2) is 0 Å². The van der Waals surface area contributed by atoms with E-state index < -0.39 is 29.7 Å². The minimum atomic E-state index is -1.51.